The number of hydrogen-bond donors (Lipinski definition) is 2. The fraction of sp³-hybridized carbons (Fsp3) is 0.360. The van der Waals surface area contributed by atoms with E-state index < -0.39 is 11.5 Å². The molecule has 5 rings (SSSR count). The van der Waals surface area contributed by atoms with E-state index in [1.54, 1.807) is 24.5 Å². The van der Waals surface area contributed by atoms with E-state index in [-0.39, 0.29) is 17.8 Å². The monoisotopic (exact) mass is 419 g/mol. The summed E-state index contributed by atoms with van der Waals surface area (Å²) in [4.78, 5) is 4.03. The minimum Gasteiger partial charge on any atom is -0.396 e. The van der Waals surface area contributed by atoms with Crippen molar-refractivity contribution >= 4 is 6.08 Å². The number of aromatic nitrogens is 3. The number of nitrogens with zero attached hydrogens (tertiary/aromatic N) is 3. The van der Waals surface area contributed by atoms with Crippen LogP contribution in [0.5, 0.6) is 0 Å². The molecule has 2 heterocycles. The maximum atomic E-state index is 13.4. The van der Waals surface area contributed by atoms with Crippen molar-refractivity contribution in [1.29, 1.82) is 0 Å². The van der Waals surface area contributed by atoms with Crippen molar-refractivity contribution in [3.8, 4) is 5.69 Å². The maximum absolute atomic E-state index is 13.4. The Morgan fingerprint density at radius 1 is 1.16 bits per heavy atom. The van der Waals surface area contributed by atoms with Crippen LogP contribution in [0.15, 0.2) is 60.6 Å². The largest absolute Gasteiger partial charge is 0.396 e. The highest BCUT2D eigenvalue weighted by Gasteiger charge is 2.56. The van der Waals surface area contributed by atoms with Gasteiger partial charge in [0.05, 0.1) is 23.7 Å². The maximum Gasteiger partial charge on any atom is 0.123 e. The summed E-state index contributed by atoms with van der Waals surface area (Å²) in [6.45, 7) is 2.23. The number of aliphatic hydroxyl groups excluding tert-OH is 2. The normalized spacial score (nSPS) is 25.6. The molecule has 0 bridgehead atoms. The van der Waals surface area contributed by atoms with Crippen LogP contribution >= 0.6 is 0 Å². The van der Waals surface area contributed by atoms with Crippen LogP contribution in [0, 0.1) is 16.6 Å². The second-order valence-corrected chi connectivity index (χ2v) is 9.06. The van der Waals surface area contributed by atoms with Gasteiger partial charge in [0, 0.05) is 29.8 Å². The molecular formula is C25H26FN3O2. The summed E-state index contributed by atoms with van der Waals surface area (Å²) in [6, 6.07) is 10.00. The molecule has 0 aliphatic heterocycles. The lowest BCUT2D eigenvalue weighted by Gasteiger charge is -2.46. The topological polar surface area (TPSA) is 71.2 Å². The van der Waals surface area contributed by atoms with Gasteiger partial charge in [-0.3, -0.25) is 4.98 Å². The first kappa shape index (κ1) is 20.1. The minimum atomic E-state index is -0.658. The van der Waals surface area contributed by atoms with Crippen molar-refractivity contribution in [3.05, 3.63) is 83.2 Å². The van der Waals surface area contributed by atoms with E-state index in [0.29, 0.717) is 6.42 Å². The molecule has 3 unspecified atom stereocenters. The summed E-state index contributed by atoms with van der Waals surface area (Å²) in [5, 5.41) is 26.1. The first-order chi connectivity index (χ1) is 15.0. The van der Waals surface area contributed by atoms with Crippen molar-refractivity contribution in [2.75, 3.05) is 6.61 Å². The fourth-order valence-electron chi connectivity index (χ4n) is 5.53. The Morgan fingerprint density at radius 2 is 1.90 bits per heavy atom. The molecule has 1 aromatic carbocycles. The number of hydrogen-bond acceptors (Lipinski definition) is 4. The third-order valence-corrected chi connectivity index (χ3v) is 7.54. The van der Waals surface area contributed by atoms with Crippen LogP contribution in [-0.4, -0.2) is 31.6 Å². The number of benzene rings is 1. The predicted molar refractivity (Wildman–Crippen MR) is 116 cm³/mol. The molecule has 0 amide bonds. The van der Waals surface area contributed by atoms with Crippen LogP contribution in [-0.2, 0) is 6.42 Å². The second kappa shape index (κ2) is 7.39. The lowest BCUT2D eigenvalue weighted by atomic mass is 9.59. The number of halogens is 1. The average Bonchev–Trinajstić information content (AvgIpc) is 3.31. The van der Waals surface area contributed by atoms with Gasteiger partial charge < -0.3 is 10.2 Å². The van der Waals surface area contributed by atoms with E-state index in [1.165, 1.54) is 17.7 Å². The van der Waals surface area contributed by atoms with Gasteiger partial charge >= 0.3 is 0 Å². The van der Waals surface area contributed by atoms with Crippen molar-refractivity contribution in [1.82, 2.24) is 14.8 Å². The van der Waals surface area contributed by atoms with Crippen molar-refractivity contribution in [2.24, 2.45) is 10.8 Å². The van der Waals surface area contributed by atoms with Crippen LogP contribution in [0.4, 0.5) is 4.39 Å². The summed E-state index contributed by atoms with van der Waals surface area (Å²) in [6.07, 6.45) is 9.70. The number of fused-ring (bicyclic) bond motifs is 2. The van der Waals surface area contributed by atoms with Crippen molar-refractivity contribution in [3.63, 3.8) is 0 Å². The Kier molecular flexibility index (Phi) is 4.79. The molecule has 2 aliphatic rings. The minimum absolute atomic E-state index is 0.0183. The Balaban J connectivity index is 1.50. The van der Waals surface area contributed by atoms with Gasteiger partial charge in [-0.2, -0.15) is 5.10 Å². The molecular weight excluding hydrogens is 393 g/mol. The number of pyridine rings is 1. The van der Waals surface area contributed by atoms with Gasteiger partial charge in [-0.15, -0.1) is 0 Å². The van der Waals surface area contributed by atoms with Crippen LogP contribution in [0.3, 0.4) is 0 Å². The molecule has 2 aromatic heterocycles. The molecule has 2 N–H and O–H groups in total. The van der Waals surface area contributed by atoms with E-state index in [0.717, 1.165) is 41.8 Å². The number of rotatable bonds is 5. The van der Waals surface area contributed by atoms with E-state index in [9.17, 15) is 14.6 Å². The molecule has 0 spiro atoms. The van der Waals surface area contributed by atoms with Gasteiger partial charge in [-0.25, -0.2) is 9.07 Å². The lowest BCUT2D eigenvalue weighted by Crippen LogP contribution is -2.43. The Bertz CT molecular complexity index is 1130. The molecule has 5 nitrogen and oxygen atoms in total. The molecule has 2 aliphatic carbocycles. The number of allylic oxidation sites excluding steroid dienone is 1. The predicted octanol–water partition coefficient (Wildman–Crippen LogP) is 4.25. The first-order valence-electron chi connectivity index (χ1n) is 10.7. The summed E-state index contributed by atoms with van der Waals surface area (Å²) < 4.78 is 15.2. The molecule has 3 atom stereocenters. The van der Waals surface area contributed by atoms with E-state index >= 15 is 0 Å². The van der Waals surface area contributed by atoms with Crippen LogP contribution in [0.1, 0.15) is 49.1 Å². The van der Waals surface area contributed by atoms with Gasteiger partial charge in [-0.1, -0.05) is 12.5 Å². The third-order valence-electron chi connectivity index (χ3n) is 7.54. The molecule has 31 heavy (non-hydrogen) atoms. The summed E-state index contributed by atoms with van der Waals surface area (Å²) in [5.74, 6) is -0.271. The van der Waals surface area contributed by atoms with E-state index in [2.05, 4.69) is 23.1 Å². The Hall–Kier alpha value is -2.83. The zero-order chi connectivity index (χ0) is 21.6. The molecule has 0 radical (unpaired) electrons. The van der Waals surface area contributed by atoms with Crippen molar-refractivity contribution < 1.29 is 14.6 Å². The third kappa shape index (κ3) is 3.13. The summed E-state index contributed by atoms with van der Waals surface area (Å²) in [5.41, 5.74) is 4.36. The standard InChI is InChI=1S/C25H26FN3O2/c1-24-13-18-15-28-29(21-4-2-20(26)3-5-21)22(18)12-19(24)6-9-25(24,16-30)14-23(31)17-7-10-27-11-8-17/h2-5,7-8,10-12,15,23,30-31H,6,9,13-14,16H2,1H3. The van der Waals surface area contributed by atoms with Crippen LogP contribution in [0.25, 0.3) is 11.8 Å². The average molecular weight is 420 g/mol. The van der Waals surface area contributed by atoms with Crippen molar-refractivity contribution in [2.45, 2.75) is 38.7 Å². The highest BCUT2D eigenvalue weighted by atomic mass is 19.1. The number of aliphatic hydroxyl groups is 2. The fourth-order valence-corrected chi connectivity index (χ4v) is 5.53. The van der Waals surface area contributed by atoms with Gasteiger partial charge in [-0.05, 0) is 79.3 Å². The first-order valence-corrected chi connectivity index (χ1v) is 10.7. The smallest absolute Gasteiger partial charge is 0.123 e. The van der Waals surface area contributed by atoms with Crippen LogP contribution in [0.2, 0.25) is 0 Å². The van der Waals surface area contributed by atoms with E-state index in [4.69, 9.17) is 0 Å². The van der Waals surface area contributed by atoms with E-state index in [1.807, 2.05) is 23.0 Å². The van der Waals surface area contributed by atoms with Gasteiger partial charge in [0.2, 0.25) is 0 Å². The Labute approximate surface area is 180 Å². The Morgan fingerprint density at radius 3 is 2.61 bits per heavy atom. The molecule has 0 saturated heterocycles. The SMILES string of the molecule is CC12Cc3cnn(-c4ccc(F)cc4)c3C=C1CCC2(CO)CC(O)c1ccncc1. The second-order valence-electron chi connectivity index (χ2n) is 9.06. The molecule has 160 valence electrons. The quantitative estimate of drug-likeness (QED) is 0.649. The molecule has 1 saturated carbocycles. The van der Waals surface area contributed by atoms with Gasteiger partial charge in [0.1, 0.15) is 5.82 Å². The summed E-state index contributed by atoms with van der Waals surface area (Å²) >= 11 is 0. The highest BCUT2D eigenvalue weighted by Crippen LogP contribution is 2.62. The highest BCUT2D eigenvalue weighted by molar-refractivity contribution is 5.62. The van der Waals surface area contributed by atoms with Gasteiger partial charge in [0.15, 0.2) is 0 Å². The molecule has 6 heteroatoms. The molecule has 1 fully saturated rings. The van der Waals surface area contributed by atoms with Crippen LogP contribution < -0.4 is 0 Å². The van der Waals surface area contributed by atoms with Gasteiger partial charge in [0.25, 0.3) is 0 Å². The lowest BCUT2D eigenvalue weighted by molar-refractivity contribution is -0.0139. The zero-order valence-corrected chi connectivity index (χ0v) is 17.5. The summed E-state index contributed by atoms with van der Waals surface area (Å²) in [7, 11) is 0. The molecule has 3 aromatic rings. The zero-order valence-electron chi connectivity index (χ0n) is 17.5.